The van der Waals surface area contributed by atoms with Crippen molar-refractivity contribution < 1.29 is 0 Å². The quantitative estimate of drug-likeness (QED) is 0.438. The fourth-order valence-electron chi connectivity index (χ4n) is 0.913. The van der Waals surface area contributed by atoms with E-state index in [4.69, 9.17) is 5.73 Å². The molecule has 0 spiro atoms. The number of benzene rings is 1. The van der Waals surface area contributed by atoms with Gasteiger partial charge in [-0.15, -0.1) is 5.92 Å². The Balaban J connectivity index is 3.19. The van der Waals surface area contributed by atoms with Crippen LogP contribution in [0.3, 0.4) is 0 Å². The molecule has 2 N–H and O–H groups in total. The predicted octanol–water partition coefficient (Wildman–Crippen LogP) is 1.95. The summed E-state index contributed by atoms with van der Waals surface area (Å²) in [6.45, 7) is 3.84. The van der Waals surface area contributed by atoms with E-state index < -0.39 is 0 Å². The molecular formula is C10H11N. The van der Waals surface area contributed by atoms with Crippen LogP contribution in [0.25, 0.3) is 0 Å². The molecule has 0 unspecified atom stereocenters. The van der Waals surface area contributed by atoms with Crippen molar-refractivity contribution in [1.82, 2.24) is 0 Å². The largest absolute Gasteiger partial charge is 0.398 e. The van der Waals surface area contributed by atoms with Gasteiger partial charge in [-0.25, -0.2) is 0 Å². The number of hydrogen-bond acceptors (Lipinski definition) is 1. The van der Waals surface area contributed by atoms with E-state index in [-0.39, 0.29) is 0 Å². The Morgan fingerprint density at radius 1 is 1.36 bits per heavy atom. The molecule has 0 aliphatic heterocycles. The highest BCUT2D eigenvalue weighted by Crippen LogP contribution is 2.11. The fraction of sp³-hybridized carbons (Fsp3) is 0.200. The van der Waals surface area contributed by atoms with E-state index in [1.165, 1.54) is 5.56 Å². The Morgan fingerprint density at radius 2 is 2.09 bits per heavy atom. The van der Waals surface area contributed by atoms with E-state index >= 15 is 0 Å². The average Bonchev–Trinajstić information content (AvgIpc) is 1.98. The molecule has 1 nitrogen and oxygen atoms in total. The van der Waals surface area contributed by atoms with Gasteiger partial charge in [0.2, 0.25) is 0 Å². The zero-order chi connectivity index (χ0) is 8.27. The van der Waals surface area contributed by atoms with Crippen molar-refractivity contribution in [2.75, 3.05) is 5.73 Å². The second-order valence-corrected chi connectivity index (χ2v) is 2.47. The lowest BCUT2D eigenvalue weighted by Crippen LogP contribution is -1.89. The van der Waals surface area contributed by atoms with Crippen LogP contribution in [-0.4, -0.2) is 0 Å². The van der Waals surface area contributed by atoms with Gasteiger partial charge in [-0.1, -0.05) is 12.0 Å². The first-order valence-corrected chi connectivity index (χ1v) is 3.53. The molecule has 1 aromatic rings. The van der Waals surface area contributed by atoms with Crippen LogP contribution in [-0.2, 0) is 0 Å². The van der Waals surface area contributed by atoms with Gasteiger partial charge in [-0.05, 0) is 31.5 Å². The second kappa shape index (κ2) is 3.12. The van der Waals surface area contributed by atoms with Crippen molar-refractivity contribution in [2.45, 2.75) is 13.8 Å². The standard InChI is InChI=1S/C10H11N/c1-3-4-9-7-8(2)5-6-10(9)11/h5-7H,11H2,1-2H3. The van der Waals surface area contributed by atoms with Gasteiger partial charge in [-0.2, -0.15) is 0 Å². The molecule has 0 radical (unpaired) electrons. The molecular weight excluding hydrogens is 134 g/mol. The van der Waals surface area contributed by atoms with E-state index in [0.29, 0.717) is 0 Å². The van der Waals surface area contributed by atoms with Crippen molar-refractivity contribution in [3.63, 3.8) is 0 Å². The molecule has 0 atom stereocenters. The molecule has 1 rings (SSSR count). The number of rotatable bonds is 0. The normalized spacial score (nSPS) is 8.55. The first-order chi connectivity index (χ1) is 5.24. The summed E-state index contributed by atoms with van der Waals surface area (Å²) in [4.78, 5) is 0. The number of anilines is 1. The Kier molecular flexibility index (Phi) is 2.18. The van der Waals surface area contributed by atoms with Crippen LogP contribution in [0.2, 0.25) is 0 Å². The number of aryl methyl sites for hydroxylation is 1. The summed E-state index contributed by atoms with van der Waals surface area (Å²) in [6, 6.07) is 5.86. The molecule has 1 heteroatoms. The lowest BCUT2D eigenvalue weighted by molar-refractivity contribution is 1.45. The number of nitrogens with two attached hydrogens (primary N) is 1. The van der Waals surface area contributed by atoms with E-state index in [1.807, 2.05) is 32.0 Å². The molecule has 56 valence electrons. The monoisotopic (exact) mass is 145 g/mol. The maximum Gasteiger partial charge on any atom is 0.0477 e. The third kappa shape index (κ3) is 1.75. The zero-order valence-corrected chi connectivity index (χ0v) is 6.81. The Labute approximate surface area is 67.2 Å². The summed E-state index contributed by atoms with van der Waals surface area (Å²) in [5.41, 5.74) is 8.54. The Hall–Kier alpha value is -1.42. The van der Waals surface area contributed by atoms with Crippen LogP contribution in [0, 0.1) is 18.8 Å². The third-order valence-electron chi connectivity index (χ3n) is 1.47. The third-order valence-corrected chi connectivity index (χ3v) is 1.47. The van der Waals surface area contributed by atoms with Gasteiger partial charge in [0.05, 0.1) is 0 Å². The van der Waals surface area contributed by atoms with E-state index in [9.17, 15) is 0 Å². The first kappa shape index (κ1) is 7.68. The molecule has 0 saturated heterocycles. The van der Waals surface area contributed by atoms with Crippen LogP contribution < -0.4 is 5.73 Å². The second-order valence-electron chi connectivity index (χ2n) is 2.47. The highest BCUT2D eigenvalue weighted by molar-refractivity contribution is 5.56. The number of nitrogen functional groups attached to an aromatic ring is 1. The van der Waals surface area contributed by atoms with Crippen molar-refractivity contribution in [2.24, 2.45) is 0 Å². The van der Waals surface area contributed by atoms with Crippen molar-refractivity contribution in [3.8, 4) is 11.8 Å². The lowest BCUT2D eigenvalue weighted by atomic mass is 10.1. The number of hydrogen-bond donors (Lipinski definition) is 1. The van der Waals surface area contributed by atoms with Crippen molar-refractivity contribution >= 4 is 5.69 Å². The highest BCUT2D eigenvalue weighted by atomic mass is 14.5. The lowest BCUT2D eigenvalue weighted by Gasteiger charge is -1.98. The zero-order valence-electron chi connectivity index (χ0n) is 6.81. The maximum atomic E-state index is 5.67. The van der Waals surface area contributed by atoms with Crippen LogP contribution in [0.4, 0.5) is 5.69 Å². The first-order valence-electron chi connectivity index (χ1n) is 3.53. The van der Waals surface area contributed by atoms with Crippen LogP contribution in [0.1, 0.15) is 18.1 Å². The summed E-state index contributed by atoms with van der Waals surface area (Å²) in [5, 5.41) is 0. The van der Waals surface area contributed by atoms with Gasteiger partial charge in [0, 0.05) is 11.3 Å². The minimum absolute atomic E-state index is 0.755. The van der Waals surface area contributed by atoms with Crippen LogP contribution in [0.15, 0.2) is 18.2 Å². The summed E-state index contributed by atoms with van der Waals surface area (Å²) >= 11 is 0. The van der Waals surface area contributed by atoms with Gasteiger partial charge in [-0.3, -0.25) is 0 Å². The summed E-state index contributed by atoms with van der Waals surface area (Å²) in [6.07, 6.45) is 0. The van der Waals surface area contributed by atoms with E-state index in [0.717, 1.165) is 11.3 Å². The molecule has 0 aliphatic rings. The van der Waals surface area contributed by atoms with Crippen molar-refractivity contribution in [3.05, 3.63) is 29.3 Å². The smallest absolute Gasteiger partial charge is 0.0477 e. The molecule has 0 aliphatic carbocycles. The summed E-state index contributed by atoms with van der Waals surface area (Å²) < 4.78 is 0. The van der Waals surface area contributed by atoms with Gasteiger partial charge in [0.15, 0.2) is 0 Å². The Morgan fingerprint density at radius 3 is 2.73 bits per heavy atom. The topological polar surface area (TPSA) is 26.0 Å². The van der Waals surface area contributed by atoms with Crippen molar-refractivity contribution in [1.29, 1.82) is 0 Å². The average molecular weight is 145 g/mol. The molecule has 0 amide bonds. The molecule has 0 heterocycles. The Bertz CT molecular complexity index is 315. The van der Waals surface area contributed by atoms with E-state index in [2.05, 4.69) is 11.8 Å². The molecule has 0 aromatic heterocycles. The van der Waals surface area contributed by atoms with Gasteiger partial charge >= 0.3 is 0 Å². The highest BCUT2D eigenvalue weighted by Gasteiger charge is 1.93. The van der Waals surface area contributed by atoms with Gasteiger partial charge < -0.3 is 5.73 Å². The SMILES string of the molecule is CC#Cc1cc(C)ccc1N. The molecule has 1 aromatic carbocycles. The molecule has 0 fully saturated rings. The van der Waals surface area contributed by atoms with Gasteiger partial charge in [0.25, 0.3) is 0 Å². The van der Waals surface area contributed by atoms with Crippen LogP contribution in [0.5, 0.6) is 0 Å². The minimum Gasteiger partial charge on any atom is -0.398 e. The molecule has 0 bridgehead atoms. The summed E-state index contributed by atoms with van der Waals surface area (Å²) in [5.74, 6) is 5.76. The maximum absolute atomic E-state index is 5.67. The molecule has 11 heavy (non-hydrogen) atoms. The predicted molar refractivity (Wildman–Crippen MR) is 48.1 cm³/mol. The summed E-state index contributed by atoms with van der Waals surface area (Å²) in [7, 11) is 0. The fourth-order valence-corrected chi connectivity index (χ4v) is 0.913. The minimum atomic E-state index is 0.755. The van der Waals surface area contributed by atoms with Gasteiger partial charge in [0.1, 0.15) is 0 Å². The molecule has 0 saturated carbocycles. The van der Waals surface area contributed by atoms with E-state index in [1.54, 1.807) is 0 Å². The van der Waals surface area contributed by atoms with Crippen LogP contribution >= 0.6 is 0 Å².